The van der Waals surface area contributed by atoms with Crippen molar-refractivity contribution in [1.82, 2.24) is 35.2 Å². The number of aromatic nitrogens is 3. The zero-order valence-electron chi connectivity index (χ0n) is 19.1. The van der Waals surface area contributed by atoms with Crippen LogP contribution in [-0.4, -0.2) is 88.9 Å². The van der Waals surface area contributed by atoms with Gasteiger partial charge in [0.15, 0.2) is 5.96 Å². The van der Waals surface area contributed by atoms with Crippen LogP contribution in [0.4, 0.5) is 0 Å². The summed E-state index contributed by atoms with van der Waals surface area (Å²) >= 11 is 0. The Morgan fingerprint density at radius 1 is 1.10 bits per heavy atom. The van der Waals surface area contributed by atoms with Gasteiger partial charge in [-0.25, -0.2) is 0 Å². The van der Waals surface area contributed by atoms with Gasteiger partial charge in [-0.1, -0.05) is 13.3 Å². The first-order valence-electron chi connectivity index (χ1n) is 11.5. The molecule has 2 aliphatic rings. The molecule has 3 heterocycles. The number of halogens is 1. The average molecular weight is 533 g/mol. The average Bonchev–Trinajstić information content (AvgIpc) is 3.21. The first-order valence-corrected chi connectivity index (χ1v) is 11.5. The second kappa shape index (κ2) is 12.8. The Labute approximate surface area is 199 Å². The van der Waals surface area contributed by atoms with Crippen LogP contribution in [0.1, 0.15) is 51.8 Å². The summed E-state index contributed by atoms with van der Waals surface area (Å²) in [6.07, 6.45) is 9.19. The number of nitrogens with one attached hydrogen (secondary N) is 2. The van der Waals surface area contributed by atoms with Crippen LogP contribution >= 0.6 is 24.0 Å². The van der Waals surface area contributed by atoms with E-state index in [0.29, 0.717) is 0 Å². The summed E-state index contributed by atoms with van der Waals surface area (Å²) in [5.41, 5.74) is 0.221. The number of rotatable bonds is 8. The second-order valence-electron chi connectivity index (χ2n) is 8.49. The summed E-state index contributed by atoms with van der Waals surface area (Å²) in [7, 11) is 2.24. The van der Waals surface area contributed by atoms with Crippen LogP contribution in [0.5, 0.6) is 0 Å². The van der Waals surface area contributed by atoms with E-state index < -0.39 is 0 Å². The molecule has 1 aromatic heterocycles. The molecular weight excluding hydrogens is 491 g/mol. The van der Waals surface area contributed by atoms with Crippen molar-refractivity contribution in [2.24, 2.45) is 4.99 Å². The number of aliphatic imine (C=N–C) groups is 1. The van der Waals surface area contributed by atoms with Gasteiger partial charge in [-0.2, -0.15) is 0 Å². The maximum Gasteiger partial charge on any atom is 0.191 e. The summed E-state index contributed by atoms with van der Waals surface area (Å²) in [5, 5.41) is 15.1. The van der Waals surface area contributed by atoms with E-state index in [2.05, 4.69) is 56.1 Å². The maximum atomic E-state index is 5.06. The lowest BCUT2D eigenvalue weighted by molar-refractivity contribution is 0.0208. The highest BCUT2D eigenvalue weighted by Gasteiger charge is 2.39. The third-order valence-corrected chi connectivity index (χ3v) is 6.48. The molecule has 2 N–H and O–H groups in total. The van der Waals surface area contributed by atoms with E-state index in [9.17, 15) is 0 Å². The van der Waals surface area contributed by atoms with Gasteiger partial charge < -0.3 is 20.1 Å². The van der Waals surface area contributed by atoms with Crippen LogP contribution in [0.3, 0.4) is 0 Å². The van der Waals surface area contributed by atoms with Gasteiger partial charge in [0.1, 0.15) is 12.2 Å². The van der Waals surface area contributed by atoms with Gasteiger partial charge >= 0.3 is 0 Å². The monoisotopic (exact) mass is 532 g/mol. The summed E-state index contributed by atoms with van der Waals surface area (Å²) in [5.74, 6) is 1.96. The zero-order chi connectivity index (χ0) is 20.5. The van der Waals surface area contributed by atoms with Crippen molar-refractivity contribution >= 4 is 29.9 Å². The molecule has 0 bridgehead atoms. The summed E-state index contributed by atoms with van der Waals surface area (Å²) in [6.45, 7) is 12.5. The van der Waals surface area contributed by atoms with Crippen LogP contribution < -0.4 is 10.6 Å². The molecule has 8 nitrogen and oxygen atoms in total. The number of hydrogen-bond acceptors (Lipinski definition) is 5. The van der Waals surface area contributed by atoms with Gasteiger partial charge in [-0.3, -0.25) is 9.89 Å². The van der Waals surface area contributed by atoms with Gasteiger partial charge in [0, 0.05) is 31.6 Å². The van der Waals surface area contributed by atoms with Gasteiger partial charge in [-0.15, -0.1) is 34.2 Å². The molecule has 1 aromatic rings. The topological polar surface area (TPSA) is 73.6 Å². The molecule has 0 atom stereocenters. The zero-order valence-corrected chi connectivity index (χ0v) is 21.4. The van der Waals surface area contributed by atoms with Crippen LogP contribution in [-0.2, 0) is 13.0 Å². The van der Waals surface area contributed by atoms with Gasteiger partial charge in [0.25, 0.3) is 0 Å². The van der Waals surface area contributed by atoms with Crippen molar-refractivity contribution in [2.75, 3.05) is 52.9 Å². The van der Waals surface area contributed by atoms with Crippen molar-refractivity contribution in [3.8, 4) is 0 Å². The molecule has 3 rings (SSSR count). The second-order valence-corrected chi connectivity index (χ2v) is 8.49. The van der Waals surface area contributed by atoms with E-state index in [1.165, 1.54) is 58.3 Å². The molecule has 2 saturated heterocycles. The molecule has 0 unspecified atom stereocenters. The molecule has 172 valence electrons. The van der Waals surface area contributed by atoms with E-state index in [1.807, 2.05) is 6.33 Å². The molecule has 0 aromatic carbocycles. The van der Waals surface area contributed by atoms with Crippen molar-refractivity contribution in [2.45, 2.75) is 64.5 Å². The van der Waals surface area contributed by atoms with Crippen molar-refractivity contribution < 1.29 is 0 Å². The van der Waals surface area contributed by atoms with Crippen LogP contribution in [0, 0.1) is 0 Å². The van der Waals surface area contributed by atoms with Crippen molar-refractivity contribution in [3.63, 3.8) is 0 Å². The minimum Gasteiger partial charge on any atom is -0.357 e. The Bertz CT molecular complexity index is 633. The summed E-state index contributed by atoms with van der Waals surface area (Å²) in [6, 6.07) is 0. The third-order valence-electron chi connectivity index (χ3n) is 6.48. The SMILES string of the molecule is CCNC(=NCC1(N2CCCCC2)CCN(C)CC1)NCCn1cnnc1CC.I. The Kier molecular flexibility index (Phi) is 10.8. The molecule has 2 aliphatic heterocycles. The highest BCUT2D eigenvalue weighted by Crippen LogP contribution is 2.31. The van der Waals surface area contributed by atoms with Gasteiger partial charge in [-0.05, 0) is 65.8 Å². The Morgan fingerprint density at radius 3 is 2.50 bits per heavy atom. The number of nitrogens with zero attached hydrogens (tertiary/aromatic N) is 6. The number of likely N-dealkylation sites (tertiary alicyclic amines) is 2. The Morgan fingerprint density at radius 2 is 1.83 bits per heavy atom. The molecule has 0 saturated carbocycles. The molecule has 0 radical (unpaired) electrons. The lowest BCUT2D eigenvalue weighted by Gasteiger charge is -2.49. The minimum atomic E-state index is 0. The normalized spacial score (nSPS) is 20.6. The fraction of sp³-hybridized carbons (Fsp3) is 0.857. The van der Waals surface area contributed by atoms with Gasteiger partial charge in [0.2, 0.25) is 0 Å². The molecule has 0 aliphatic carbocycles. The summed E-state index contributed by atoms with van der Waals surface area (Å²) < 4.78 is 2.11. The highest BCUT2D eigenvalue weighted by atomic mass is 127. The number of aryl methyl sites for hydroxylation is 1. The van der Waals surface area contributed by atoms with Crippen LogP contribution in [0.25, 0.3) is 0 Å². The fourth-order valence-electron chi connectivity index (χ4n) is 4.58. The lowest BCUT2D eigenvalue weighted by atomic mass is 9.84. The van der Waals surface area contributed by atoms with E-state index in [4.69, 9.17) is 4.99 Å². The van der Waals surface area contributed by atoms with E-state index in [1.54, 1.807) is 0 Å². The van der Waals surface area contributed by atoms with Crippen LogP contribution in [0.15, 0.2) is 11.3 Å². The Hall–Kier alpha value is -0.940. The predicted molar refractivity (Wildman–Crippen MR) is 134 cm³/mol. The Balaban J connectivity index is 0.00000320. The number of guanidine groups is 1. The quantitative estimate of drug-likeness (QED) is 0.303. The van der Waals surface area contributed by atoms with E-state index in [0.717, 1.165) is 44.4 Å². The molecule has 2 fully saturated rings. The predicted octanol–water partition coefficient (Wildman–Crippen LogP) is 1.96. The molecule has 0 spiro atoms. The maximum absolute atomic E-state index is 5.06. The van der Waals surface area contributed by atoms with E-state index >= 15 is 0 Å². The first-order chi connectivity index (χ1) is 14.2. The fourth-order valence-corrected chi connectivity index (χ4v) is 4.58. The molecule has 30 heavy (non-hydrogen) atoms. The molecular formula is C21H41IN8. The van der Waals surface area contributed by atoms with Crippen molar-refractivity contribution in [3.05, 3.63) is 12.2 Å². The minimum absolute atomic E-state index is 0. The third kappa shape index (κ3) is 6.78. The largest absolute Gasteiger partial charge is 0.357 e. The smallest absolute Gasteiger partial charge is 0.191 e. The van der Waals surface area contributed by atoms with Gasteiger partial charge in [0.05, 0.1) is 6.54 Å². The first kappa shape index (κ1) is 25.3. The lowest BCUT2D eigenvalue weighted by Crippen LogP contribution is -2.58. The molecule has 0 amide bonds. The highest BCUT2D eigenvalue weighted by molar-refractivity contribution is 14.0. The summed E-state index contributed by atoms with van der Waals surface area (Å²) in [4.78, 5) is 10.3. The number of hydrogen-bond donors (Lipinski definition) is 2. The van der Waals surface area contributed by atoms with E-state index in [-0.39, 0.29) is 29.5 Å². The number of piperidine rings is 2. The van der Waals surface area contributed by atoms with Crippen LogP contribution in [0.2, 0.25) is 0 Å². The standard InChI is InChI=1S/C21H40N8.HI/c1-4-19-26-25-18-28(19)16-11-23-20(22-5-2)24-17-21(9-14-27(3)15-10-21)29-12-7-6-8-13-29;/h18H,4-17H2,1-3H3,(H2,22,23,24);1H. The van der Waals surface area contributed by atoms with Crippen molar-refractivity contribution in [1.29, 1.82) is 0 Å². The molecule has 9 heteroatoms.